The Labute approximate surface area is 116 Å². The third-order valence-corrected chi connectivity index (χ3v) is 4.44. The van der Waals surface area contributed by atoms with E-state index in [1.165, 1.54) is 27.8 Å². The van der Waals surface area contributed by atoms with E-state index in [0.29, 0.717) is 0 Å². The van der Waals surface area contributed by atoms with Crippen molar-refractivity contribution in [3.8, 4) is 0 Å². The molecule has 1 aliphatic rings. The van der Waals surface area contributed by atoms with Crippen molar-refractivity contribution >= 4 is 27.7 Å². The van der Waals surface area contributed by atoms with E-state index >= 15 is 0 Å². The van der Waals surface area contributed by atoms with Gasteiger partial charge in [0.1, 0.15) is 0 Å². The molecule has 1 aromatic rings. The fourth-order valence-corrected chi connectivity index (χ4v) is 3.07. The van der Waals surface area contributed by atoms with Crippen LogP contribution in [0.25, 0.3) is 0 Å². The largest absolute Gasteiger partial charge is 0.384 e. The molecule has 0 radical (unpaired) electrons. The first-order chi connectivity index (χ1) is 8.29. The predicted molar refractivity (Wildman–Crippen MR) is 76.6 cm³/mol. The molecule has 0 spiro atoms. The van der Waals surface area contributed by atoms with Gasteiger partial charge in [0.25, 0.3) is 0 Å². The average Bonchev–Trinajstić information content (AvgIpc) is 3.12. The number of ether oxygens (including phenoxy) is 1. The zero-order valence-electron chi connectivity index (χ0n) is 10.0. The Morgan fingerprint density at radius 1 is 1.47 bits per heavy atom. The molecule has 1 aromatic carbocycles. The van der Waals surface area contributed by atoms with Crippen molar-refractivity contribution < 1.29 is 4.74 Å². The zero-order valence-corrected chi connectivity index (χ0v) is 12.4. The molecular formula is C13H18BrNOS. The van der Waals surface area contributed by atoms with Gasteiger partial charge in [0, 0.05) is 34.8 Å². The van der Waals surface area contributed by atoms with Gasteiger partial charge in [-0.15, -0.1) is 11.8 Å². The van der Waals surface area contributed by atoms with Crippen LogP contribution < -0.4 is 5.32 Å². The Balaban J connectivity index is 1.85. The van der Waals surface area contributed by atoms with Crippen LogP contribution in [0.4, 0.5) is 0 Å². The number of benzene rings is 1. The Morgan fingerprint density at radius 3 is 2.94 bits per heavy atom. The van der Waals surface area contributed by atoms with Gasteiger partial charge in [-0.3, -0.25) is 0 Å². The van der Waals surface area contributed by atoms with E-state index in [2.05, 4.69) is 39.4 Å². The minimum absolute atomic E-state index is 0.762. The SMILES string of the molecule is COCCSc1ccc(CNC2CC2)c(Br)c1. The van der Waals surface area contributed by atoms with Gasteiger partial charge in [0.15, 0.2) is 0 Å². The van der Waals surface area contributed by atoms with Crippen molar-refractivity contribution in [1.82, 2.24) is 5.32 Å². The third-order valence-electron chi connectivity index (χ3n) is 2.74. The molecule has 1 saturated carbocycles. The van der Waals surface area contributed by atoms with E-state index in [-0.39, 0.29) is 0 Å². The van der Waals surface area contributed by atoms with E-state index < -0.39 is 0 Å². The van der Waals surface area contributed by atoms with Crippen LogP contribution >= 0.6 is 27.7 Å². The number of hydrogen-bond donors (Lipinski definition) is 1. The molecule has 2 rings (SSSR count). The number of nitrogens with one attached hydrogen (secondary N) is 1. The topological polar surface area (TPSA) is 21.3 Å². The molecule has 0 saturated heterocycles. The Bertz CT molecular complexity index is 368. The molecule has 0 amide bonds. The highest BCUT2D eigenvalue weighted by atomic mass is 79.9. The Morgan fingerprint density at radius 2 is 2.29 bits per heavy atom. The van der Waals surface area contributed by atoms with Crippen molar-refractivity contribution in [2.45, 2.75) is 30.3 Å². The first-order valence-electron chi connectivity index (χ1n) is 5.93. The van der Waals surface area contributed by atoms with Gasteiger partial charge in [-0.1, -0.05) is 22.0 Å². The van der Waals surface area contributed by atoms with Crippen molar-refractivity contribution in [3.05, 3.63) is 28.2 Å². The fourth-order valence-electron chi connectivity index (χ4n) is 1.55. The van der Waals surface area contributed by atoms with E-state index in [4.69, 9.17) is 4.74 Å². The Hall–Kier alpha value is -0.0300. The molecule has 0 aliphatic heterocycles. The van der Waals surface area contributed by atoms with Gasteiger partial charge < -0.3 is 10.1 Å². The molecule has 1 fully saturated rings. The van der Waals surface area contributed by atoms with Gasteiger partial charge in [0.2, 0.25) is 0 Å². The number of thioether (sulfide) groups is 1. The maximum absolute atomic E-state index is 5.05. The lowest BCUT2D eigenvalue weighted by Gasteiger charge is -2.08. The highest BCUT2D eigenvalue weighted by Gasteiger charge is 2.20. The lowest BCUT2D eigenvalue weighted by Crippen LogP contribution is -2.15. The van der Waals surface area contributed by atoms with Crippen LogP contribution in [0.1, 0.15) is 18.4 Å². The van der Waals surface area contributed by atoms with Crippen LogP contribution in [-0.4, -0.2) is 25.5 Å². The highest BCUT2D eigenvalue weighted by Crippen LogP contribution is 2.26. The maximum atomic E-state index is 5.05. The van der Waals surface area contributed by atoms with E-state index in [1.54, 1.807) is 7.11 Å². The van der Waals surface area contributed by atoms with Gasteiger partial charge in [0.05, 0.1) is 6.61 Å². The van der Waals surface area contributed by atoms with E-state index in [1.807, 2.05) is 11.8 Å². The summed E-state index contributed by atoms with van der Waals surface area (Å²) < 4.78 is 6.25. The fraction of sp³-hybridized carbons (Fsp3) is 0.538. The van der Waals surface area contributed by atoms with Crippen LogP contribution in [0.3, 0.4) is 0 Å². The molecule has 94 valence electrons. The number of hydrogen-bond acceptors (Lipinski definition) is 3. The Kier molecular flexibility index (Phi) is 5.35. The summed E-state index contributed by atoms with van der Waals surface area (Å²) in [6.07, 6.45) is 2.67. The van der Waals surface area contributed by atoms with Crippen molar-refractivity contribution in [1.29, 1.82) is 0 Å². The second kappa shape index (κ2) is 6.78. The summed E-state index contributed by atoms with van der Waals surface area (Å²) in [5, 5.41) is 3.53. The molecule has 2 nitrogen and oxygen atoms in total. The molecule has 0 heterocycles. The minimum Gasteiger partial charge on any atom is -0.384 e. The van der Waals surface area contributed by atoms with E-state index in [0.717, 1.165) is 24.9 Å². The summed E-state index contributed by atoms with van der Waals surface area (Å²) in [4.78, 5) is 1.30. The van der Waals surface area contributed by atoms with Crippen LogP contribution in [0.15, 0.2) is 27.6 Å². The first-order valence-corrected chi connectivity index (χ1v) is 7.71. The highest BCUT2D eigenvalue weighted by molar-refractivity contribution is 9.10. The minimum atomic E-state index is 0.762. The number of halogens is 1. The third kappa shape index (κ3) is 4.62. The molecule has 4 heteroatoms. The summed E-state index contributed by atoms with van der Waals surface area (Å²) in [6, 6.07) is 7.35. The maximum Gasteiger partial charge on any atom is 0.0556 e. The zero-order chi connectivity index (χ0) is 12.1. The summed E-state index contributed by atoms with van der Waals surface area (Å²) in [7, 11) is 1.74. The van der Waals surface area contributed by atoms with Crippen LogP contribution in [0, 0.1) is 0 Å². The van der Waals surface area contributed by atoms with Gasteiger partial charge in [-0.2, -0.15) is 0 Å². The normalized spacial score (nSPS) is 15.2. The molecular weight excluding hydrogens is 298 g/mol. The van der Waals surface area contributed by atoms with Gasteiger partial charge >= 0.3 is 0 Å². The predicted octanol–water partition coefficient (Wildman–Crippen LogP) is 3.44. The van der Waals surface area contributed by atoms with Crippen molar-refractivity contribution in [3.63, 3.8) is 0 Å². The van der Waals surface area contributed by atoms with Crippen LogP contribution in [-0.2, 0) is 11.3 Å². The molecule has 0 unspecified atom stereocenters. The molecule has 17 heavy (non-hydrogen) atoms. The number of methoxy groups -OCH3 is 1. The van der Waals surface area contributed by atoms with Crippen molar-refractivity contribution in [2.24, 2.45) is 0 Å². The van der Waals surface area contributed by atoms with E-state index in [9.17, 15) is 0 Å². The van der Waals surface area contributed by atoms with Gasteiger partial charge in [-0.25, -0.2) is 0 Å². The first kappa shape index (κ1) is 13.4. The quantitative estimate of drug-likeness (QED) is 0.615. The molecule has 0 aromatic heterocycles. The number of rotatable bonds is 7. The lowest BCUT2D eigenvalue weighted by molar-refractivity contribution is 0.218. The molecule has 0 atom stereocenters. The summed E-state index contributed by atoms with van der Waals surface area (Å²) in [6.45, 7) is 1.77. The summed E-state index contributed by atoms with van der Waals surface area (Å²) in [5.41, 5.74) is 1.34. The standard InChI is InChI=1S/C13H18BrNOS/c1-16-6-7-17-12-5-2-10(13(14)8-12)9-15-11-3-4-11/h2,5,8,11,15H,3-4,6-7,9H2,1H3. The smallest absolute Gasteiger partial charge is 0.0556 e. The average molecular weight is 316 g/mol. The second-order valence-corrected chi connectivity index (χ2v) is 6.27. The van der Waals surface area contributed by atoms with Crippen LogP contribution in [0.2, 0.25) is 0 Å². The molecule has 1 N–H and O–H groups in total. The summed E-state index contributed by atoms with van der Waals surface area (Å²) in [5.74, 6) is 1.00. The molecule has 0 bridgehead atoms. The van der Waals surface area contributed by atoms with Crippen LogP contribution in [0.5, 0.6) is 0 Å². The lowest BCUT2D eigenvalue weighted by atomic mass is 10.2. The monoisotopic (exact) mass is 315 g/mol. The van der Waals surface area contributed by atoms with Gasteiger partial charge in [-0.05, 0) is 30.5 Å². The van der Waals surface area contributed by atoms with Crippen molar-refractivity contribution in [2.75, 3.05) is 19.5 Å². The second-order valence-electron chi connectivity index (χ2n) is 4.25. The molecule has 1 aliphatic carbocycles. The summed E-state index contributed by atoms with van der Waals surface area (Å²) >= 11 is 5.47.